The van der Waals surface area contributed by atoms with Gasteiger partial charge in [-0.1, -0.05) is 41.3 Å². The van der Waals surface area contributed by atoms with E-state index in [2.05, 4.69) is 20.4 Å². The van der Waals surface area contributed by atoms with Gasteiger partial charge in [-0.15, -0.1) is 10.2 Å². The first-order valence-corrected chi connectivity index (χ1v) is 9.16. The largest absolute Gasteiger partial charge is 0.303 e. The maximum Gasteiger partial charge on any atom is 0.257 e. The van der Waals surface area contributed by atoms with Crippen molar-refractivity contribution in [1.82, 2.24) is 15.1 Å². The molecule has 0 atom stereocenters. The zero-order chi connectivity index (χ0) is 15.2. The molecule has 0 bridgehead atoms. The average Bonchev–Trinajstić information content (AvgIpc) is 3.20. The summed E-state index contributed by atoms with van der Waals surface area (Å²) in [6.07, 6.45) is 2.64. The number of thioether (sulfide) groups is 1. The molecule has 1 saturated heterocycles. The van der Waals surface area contributed by atoms with Gasteiger partial charge < -0.3 is 4.90 Å². The van der Waals surface area contributed by atoms with E-state index in [4.69, 9.17) is 0 Å². The first kappa shape index (κ1) is 15.5. The summed E-state index contributed by atoms with van der Waals surface area (Å²) in [5.41, 5.74) is 0.626. The van der Waals surface area contributed by atoms with Crippen molar-refractivity contribution in [3.05, 3.63) is 35.9 Å². The standard InChI is InChI=1S/C15H18N4OS2/c20-13(12-6-2-1-3-7-12)16-14-17-18-15(22-14)21-11-10-19-8-4-5-9-19/h1-3,6-7H,4-5,8-11H2,(H,16,17,20). The number of hydrogen-bond acceptors (Lipinski definition) is 6. The third-order valence-electron chi connectivity index (χ3n) is 3.49. The van der Waals surface area contributed by atoms with Crippen molar-refractivity contribution in [1.29, 1.82) is 0 Å². The van der Waals surface area contributed by atoms with Gasteiger partial charge in [0.25, 0.3) is 5.91 Å². The van der Waals surface area contributed by atoms with E-state index in [1.807, 2.05) is 18.2 Å². The summed E-state index contributed by atoms with van der Waals surface area (Å²) in [5.74, 6) is 0.867. The Kier molecular flexibility index (Phi) is 5.42. The first-order chi connectivity index (χ1) is 10.8. The van der Waals surface area contributed by atoms with Crippen LogP contribution in [0.25, 0.3) is 0 Å². The minimum absolute atomic E-state index is 0.148. The Bertz CT molecular complexity index is 611. The van der Waals surface area contributed by atoms with Crippen LogP contribution in [0.5, 0.6) is 0 Å². The molecule has 3 rings (SSSR count). The van der Waals surface area contributed by atoms with E-state index < -0.39 is 0 Å². The summed E-state index contributed by atoms with van der Waals surface area (Å²) in [6, 6.07) is 9.13. The molecule has 2 aromatic rings. The van der Waals surface area contributed by atoms with Gasteiger partial charge >= 0.3 is 0 Å². The normalized spacial score (nSPS) is 15.1. The van der Waals surface area contributed by atoms with Crippen LogP contribution in [-0.4, -0.2) is 46.4 Å². The highest BCUT2D eigenvalue weighted by atomic mass is 32.2. The van der Waals surface area contributed by atoms with Crippen LogP contribution in [0.15, 0.2) is 34.7 Å². The monoisotopic (exact) mass is 334 g/mol. The van der Waals surface area contributed by atoms with E-state index in [-0.39, 0.29) is 5.91 Å². The summed E-state index contributed by atoms with van der Waals surface area (Å²) >= 11 is 3.13. The Balaban J connectivity index is 1.47. The fourth-order valence-corrected chi connectivity index (χ4v) is 4.16. The predicted octanol–water partition coefficient (Wildman–Crippen LogP) is 2.98. The highest BCUT2D eigenvalue weighted by Gasteiger charge is 2.13. The van der Waals surface area contributed by atoms with E-state index in [0.29, 0.717) is 10.7 Å². The molecule has 0 radical (unpaired) electrons. The SMILES string of the molecule is O=C(Nc1nnc(SCCN2CCCC2)s1)c1ccccc1. The van der Waals surface area contributed by atoms with Gasteiger partial charge in [-0.2, -0.15) is 0 Å². The molecular weight excluding hydrogens is 316 g/mol. The molecule has 0 unspecified atom stereocenters. The van der Waals surface area contributed by atoms with Crippen LogP contribution in [0.3, 0.4) is 0 Å². The van der Waals surface area contributed by atoms with Crippen molar-refractivity contribution in [3.63, 3.8) is 0 Å². The Labute approximate surface area is 138 Å². The lowest BCUT2D eigenvalue weighted by Gasteiger charge is -2.12. The molecular formula is C15H18N4OS2. The zero-order valence-electron chi connectivity index (χ0n) is 12.2. The van der Waals surface area contributed by atoms with E-state index in [0.717, 1.165) is 16.6 Å². The van der Waals surface area contributed by atoms with Crippen LogP contribution in [0, 0.1) is 0 Å². The molecule has 0 saturated carbocycles. The number of carbonyl (C=O) groups is 1. The number of rotatable bonds is 6. The first-order valence-electron chi connectivity index (χ1n) is 7.36. The van der Waals surface area contributed by atoms with Crippen molar-refractivity contribution in [2.24, 2.45) is 0 Å². The lowest BCUT2D eigenvalue weighted by atomic mass is 10.2. The topological polar surface area (TPSA) is 58.1 Å². The third kappa shape index (κ3) is 4.28. The summed E-state index contributed by atoms with van der Waals surface area (Å²) < 4.78 is 0.905. The molecule has 22 heavy (non-hydrogen) atoms. The van der Waals surface area contributed by atoms with Crippen LogP contribution < -0.4 is 5.32 Å². The van der Waals surface area contributed by atoms with Gasteiger partial charge in [-0.3, -0.25) is 10.1 Å². The molecule has 0 spiro atoms. The molecule has 0 aliphatic carbocycles. The van der Waals surface area contributed by atoms with Crippen molar-refractivity contribution in [2.75, 3.05) is 30.7 Å². The van der Waals surface area contributed by atoms with Gasteiger partial charge in [0.05, 0.1) is 0 Å². The molecule has 7 heteroatoms. The smallest absolute Gasteiger partial charge is 0.257 e. The lowest BCUT2D eigenvalue weighted by Crippen LogP contribution is -2.21. The molecule has 5 nitrogen and oxygen atoms in total. The second-order valence-electron chi connectivity index (χ2n) is 5.09. The van der Waals surface area contributed by atoms with Gasteiger partial charge in [0.1, 0.15) is 0 Å². The van der Waals surface area contributed by atoms with Crippen molar-refractivity contribution in [3.8, 4) is 0 Å². The van der Waals surface area contributed by atoms with Gasteiger partial charge in [0, 0.05) is 17.9 Å². The van der Waals surface area contributed by atoms with Crippen molar-refractivity contribution < 1.29 is 4.79 Å². The molecule has 1 aliphatic rings. The van der Waals surface area contributed by atoms with Crippen LogP contribution in [0.1, 0.15) is 23.2 Å². The van der Waals surface area contributed by atoms with Gasteiger partial charge in [-0.05, 0) is 38.1 Å². The number of anilines is 1. The Morgan fingerprint density at radius 3 is 2.77 bits per heavy atom. The second kappa shape index (κ2) is 7.71. The maximum atomic E-state index is 12.0. The summed E-state index contributed by atoms with van der Waals surface area (Å²) in [4.78, 5) is 14.5. The minimum atomic E-state index is -0.148. The summed E-state index contributed by atoms with van der Waals surface area (Å²) in [7, 11) is 0. The van der Waals surface area contributed by atoms with E-state index >= 15 is 0 Å². The van der Waals surface area contributed by atoms with Crippen LogP contribution >= 0.6 is 23.1 Å². The number of hydrogen-bond donors (Lipinski definition) is 1. The minimum Gasteiger partial charge on any atom is -0.303 e. The molecule has 1 aromatic heterocycles. The van der Waals surface area contributed by atoms with Gasteiger partial charge in [0.15, 0.2) is 4.34 Å². The Morgan fingerprint density at radius 1 is 1.23 bits per heavy atom. The number of nitrogens with one attached hydrogen (secondary N) is 1. The predicted molar refractivity (Wildman–Crippen MR) is 90.7 cm³/mol. The number of benzene rings is 1. The summed E-state index contributed by atoms with van der Waals surface area (Å²) in [5, 5.41) is 11.5. The van der Waals surface area contributed by atoms with E-state index in [1.54, 1.807) is 23.9 Å². The maximum absolute atomic E-state index is 12.0. The Morgan fingerprint density at radius 2 is 2.00 bits per heavy atom. The quantitative estimate of drug-likeness (QED) is 0.650. The molecule has 1 aromatic carbocycles. The number of amides is 1. The number of carbonyl (C=O) groups excluding carboxylic acids is 1. The van der Waals surface area contributed by atoms with Gasteiger partial charge in [0.2, 0.25) is 5.13 Å². The van der Waals surface area contributed by atoms with E-state index in [1.165, 1.54) is 37.3 Å². The molecule has 1 aliphatic heterocycles. The van der Waals surface area contributed by atoms with Crippen molar-refractivity contribution in [2.45, 2.75) is 17.2 Å². The fraction of sp³-hybridized carbons (Fsp3) is 0.400. The third-order valence-corrected chi connectivity index (χ3v) is 5.45. The molecule has 1 N–H and O–H groups in total. The zero-order valence-corrected chi connectivity index (χ0v) is 13.8. The molecule has 2 heterocycles. The molecule has 116 valence electrons. The lowest BCUT2D eigenvalue weighted by molar-refractivity contribution is 0.102. The summed E-state index contributed by atoms with van der Waals surface area (Å²) in [6.45, 7) is 3.53. The van der Waals surface area contributed by atoms with Crippen LogP contribution in [-0.2, 0) is 0 Å². The highest BCUT2D eigenvalue weighted by Crippen LogP contribution is 2.26. The number of nitrogens with zero attached hydrogens (tertiary/aromatic N) is 3. The van der Waals surface area contributed by atoms with Crippen LogP contribution in [0.2, 0.25) is 0 Å². The van der Waals surface area contributed by atoms with Gasteiger partial charge in [-0.25, -0.2) is 0 Å². The molecule has 1 fully saturated rings. The average molecular weight is 334 g/mol. The molecule has 1 amide bonds. The fourth-order valence-electron chi connectivity index (χ4n) is 2.35. The number of likely N-dealkylation sites (tertiary alicyclic amines) is 1. The Hall–Kier alpha value is -1.44. The highest BCUT2D eigenvalue weighted by molar-refractivity contribution is 8.01. The number of aromatic nitrogens is 2. The van der Waals surface area contributed by atoms with Crippen LogP contribution in [0.4, 0.5) is 5.13 Å². The second-order valence-corrected chi connectivity index (χ2v) is 7.41. The van der Waals surface area contributed by atoms with Crippen molar-refractivity contribution >= 4 is 34.1 Å². The van der Waals surface area contributed by atoms with E-state index in [9.17, 15) is 4.79 Å².